The molecule has 5 nitrogen and oxygen atoms in total. The van der Waals surface area contributed by atoms with Gasteiger partial charge in [0.1, 0.15) is 11.5 Å². The Balaban J connectivity index is 2.24. The minimum atomic E-state index is -0.694. The van der Waals surface area contributed by atoms with E-state index in [1.807, 2.05) is 31.0 Å². The van der Waals surface area contributed by atoms with Crippen molar-refractivity contribution in [3.05, 3.63) is 23.7 Å². The fraction of sp³-hybridized carbons (Fsp3) is 0.615. The van der Waals surface area contributed by atoms with Crippen molar-refractivity contribution in [3.63, 3.8) is 0 Å². The molecular formula is C13H21NO4. The van der Waals surface area contributed by atoms with Gasteiger partial charge in [0.25, 0.3) is 0 Å². The van der Waals surface area contributed by atoms with Crippen LogP contribution in [0.1, 0.15) is 17.9 Å². The summed E-state index contributed by atoms with van der Waals surface area (Å²) in [4.78, 5) is 12.9. The molecule has 0 fully saturated rings. The average molecular weight is 255 g/mol. The van der Waals surface area contributed by atoms with Crippen molar-refractivity contribution in [2.75, 3.05) is 27.2 Å². The average Bonchev–Trinajstić information content (AvgIpc) is 2.72. The third-order valence-corrected chi connectivity index (χ3v) is 2.69. The largest absolute Gasteiger partial charge is 0.469 e. The van der Waals surface area contributed by atoms with Crippen molar-refractivity contribution >= 4 is 5.97 Å². The molecule has 0 spiro atoms. The van der Waals surface area contributed by atoms with E-state index in [1.54, 1.807) is 0 Å². The van der Waals surface area contributed by atoms with Crippen LogP contribution in [-0.4, -0.2) is 49.3 Å². The van der Waals surface area contributed by atoms with Crippen LogP contribution >= 0.6 is 0 Å². The van der Waals surface area contributed by atoms with E-state index in [2.05, 4.69) is 4.74 Å². The molecule has 0 aliphatic rings. The van der Waals surface area contributed by atoms with Crippen LogP contribution in [0.4, 0.5) is 0 Å². The molecule has 0 bridgehead atoms. The van der Waals surface area contributed by atoms with Crippen molar-refractivity contribution in [1.82, 2.24) is 4.90 Å². The topological polar surface area (TPSA) is 62.9 Å². The van der Waals surface area contributed by atoms with Crippen LogP contribution in [-0.2, 0) is 16.0 Å². The minimum absolute atomic E-state index is 0.0285. The number of hydrogen-bond donors (Lipinski definition) is 1. The van der Waals surface area contributed by atoms with Crippen molar-refractivity contribution in [3.8, 4) is 0 Å². The van der Waals surface area contributed by atoms with Gasteiger partial charge in [-0.2, -0.15) is 0 Å². The molecule has 1 aromatic rings. The number of hydrogen-bond acceptors (Lipinski definition) is 5. The summed E-state index contributed by atoms with van der Waals surface area (Å²) in [6.45, 7) is 3.12. The van der Waals surface area contributed by atoms with Gasteiger partial charge < -0.3 is 19.2 Å². The predicted molar refractivity (Wildman–Crippen MR) is 67.3 cm³/mol. The maximum atomic E-state index is 11.0. The standard InChI is InChI=1S/C13H21NO4/c1-10-4-5-12(18-10)6-7-14(2)9-11(15)8-13(16)17-3/h4-5,11,15H,6-9H2,1-3H3. The van der Waals surface area contributed by atoms with Crippen LogP contribution < -0.4 is 0 Å². The number of furan rings is 1. The minimum Gasteiger partial charge on any atom is -0.469 e. The normalized spacial score (nSPS) is 12.7. The predicted octanol–water partition coefficient (Wildman–Crippen LogP) is 0.986. The van der Waals surface area contributed by atoms with E-state index in [0.29, 0.717) is 6.54 Å². The van der Waals surface area contributed by atoms with Crippen molar-refractivity contribution in [2.24, 2.45) is 0 Å². The van der Waals surface area contributed by atoms with Crippen LogP contribution in [0.15, 0.2) is 16.5 Å². The van der Waals surface area contributed by atoms with Gasteiger partial charge in [0.05, 0.1) is 19.6 Å². The zero-order chi connectivity index (χ0) is 13.5. The molecule has 5 heteroatoms. The van der Waals surface area contributed by atoms with Crippen molar-refractivity contribution in [1.29, 1.82) is 0 Å². The summed E-state index contributed by atoms with van der Waals surface area (Å²) >= 11 is 0. The highest BCUT2D eigenvalue weighted by atomic mass is 16.5. The van der Waals surface area contributed by atoms with Gasteiger partial charge in [-0.1, -0.05) is 0 Å². The number of carbonyl (C=O) groups is 1. The third-order valence-electron chi connectivity index (χ3n) is 2.69. The SMILES string of the molecule is COC(=O)CC(O)CN(C)CCc1ccc(C)o1. The maximum Gasteiger partial charge on any atom is 0.308 e. The van der Waals surface area contributed by atoms with Gasteiger partial charge in [0.2, 0.25) is 0 Å². The molecule has 1 heterocycles. The van der Waals surface area contributed by atoms with Gasteiger partial charge in [0.15, 0.2) is 0 Å². The van der Waals surface area contributed by atoms with Crippen LogP contribution in [0.2, 0.25) is 0 Å². The summed E-state index contributed by atoms with van der Waals surface area (Å²) in [5, 5.41) is 9.66. The van der Waals surface area contributed by atoms with Crippen LogP contribution in [0, 0.1) is 6.92 Å². The number of esters is 1. The molecule has 102 valence electrons. The number of likely N-dealkylation sites (N-methyl/N-ethyl adjacent to an activating group) is 1. The number of nitrogens with zero attached hydrogens (tertiary/aromatic N) is 1. The van der Waals surface area contributed by atoms with E-state index in [9.17, 15) is 9.90 Å². The zero-order valence-electron chi connectivity index (χ0n) is 11.2. The second kappa shape index (κ2) is 7.18. The summed E-state index contributed by atoms with van der Waals surface area (Å²) < 4.78 is 9.96. The second-order valence-electron chi connectivity index (χ2n) is 4.46. The van der Waals surface area contributed by atoms with E-state index in [4.69, 9.17) is 4.42 Å². The number of methoxy groups -OCH3 is 1. The number of aliphatic hydroxyl groups excluding tert-OH is 1. The van der Waals surface area contributed by atoms with Gasteiger partial charge in [-0.3, -0.25) is 4.79 Å². The zero-order valence-corrected chi connectivity index (χ0v) is 11.2. The van der Waals surface area contributed by atoms with Gasteiger partial charge in [-0.25, -0.2) is 0 Å². The summed E-state index contributed by atoms with van der Waals surface area (Å²) in [5.41, 5.74) is 0. The summed E-state index contributed by atoms with van der Waals surface area (Å²) in [6.07, 6.45) is 0.122. The first-order valence-corrected chi connectivity index (χ1v) is 6.00. The molecule has 0 saturated heterocycles. The first kappa shape index (κ1) is 14.7. The van der Waals surface area contributed by atoms with E-state index >= 15 is 0 Å². The monoisotopic (exact) mass is 255 g/mol. The van der Waals surface area contributed by atoms with Crippen LogP contribution in [0.3, 0.4) is 0 Å². The highest BCUT2D eigenvalue weighted by Crippen LogP contribution is 2.07. The van der Waals surface area contributed by atoms with Gasteiger partial charge in [-0.15, -0.1) is 0 Å². The molecule has 1 N–H and O–H groups in total. The Morgan fingerprint density at radius 2 is 2.28 bits per heavy atom. The molecule has 0 aromatic carbocycles. The Hall–Kier alpha value is -1.33. The smallest absolute Gasteiger partial charge is 0.308 e. The van der Waals surface area contributed by atoms with Crippen molar-refractivity contribution in [2.45, 2.75) is 25.9 Å². The lowest BCUT2D eigenvalue weighted by Gasteiger charge is -2.19. The Bertz CT molecular complexity index is 375. The Kier molecular flexibility index (Phi) is 5.88. The van der Waals surface area contributed by atoms with Crippen molar-refractivity contribution < 1.29 is 19.1 Å². The van der Waals surface area contributed by atoms with Gasteiger partial charge in [0, 0.05) is 19.5 Å². The molecule has 1 unspecified atom stereocenters. The van der Waals surface area contributed by atoms with Gasteiger partial charge in [-0.05, 0) is 26.1 Å². The number of ether oxygens (including phenoxy) is 1. The molecule has 1 rings (SSSR count). The quantitative estimate of drug-likeness (QED) is 0.736. The van der Waals surface area contributed by atoms with E-state index < -0.39 is 12.1 Å². The number of aryl methyl sites for hydroxylation is 1. The first-order valence-electron chi connectivity index (χ1n) is 6.00. The first-order chi connectivity index (χ1) is 8.51. The van der Waals surface area contributed by atoms with E-state index in [-0.39, 0.29) is 6.42 Å². The molecule has 0 radical (unpaired) electrons. The van der Waals surface area contributed by atoms with Crippen LogP contribution in [0.25, 0.3) is 0 Å². The summed E-state index contributed by atoms with van der Waals surface area (Å²) in [7, 11) is 3.22. The second-order valence-corrected chi connectivity index (χ2v) is 4.46. The number of rotatable bonds is 7. The Labute approximate surface area is 107 Å². The lowest BCUT2D eigenvalue weighted by atomic mass is 10.2. The molecule has 0 amide bonds. The lowest BCUT2D eigenvalue weighted by Crippen LogP contribution is -2.32. The molecule has 18 heavy (non-hydrogen) atoms. The molecule has 1 atom stereocenters. The van der Waals surface area contributed by atoms with Crippen LogP contribution in [0.5, 0.6) is 0 Å². The van der Waals surface area contributed by atoms with Gasteiger partial charge >= 0.3 is 5.97 Å². The molecule has 1 aromatic heterocycles. The fourth-order valence-corrected chi connectivity index (χ4v) is 1.71. The number of aliphatic hydroxyl groups is 1. The van der Waals surface area contributed by atoms with E-state index in [0.717, 1.165) is 24.5 Å². The summed E-state index contributed by atoms with van der Waals surface area (Å²) in [5.74, 6) is 1.44. The maximum absolute atomic E-state index is 11.0. The van der Waals surface area contributed by atoms with E-state index in [1.165, 1.54) is 7.11 Å². The molecule has 0 aliphatic heterocycles. The molecule has 0 aliphatic carbocycles. The third kappa shape index (κ3) is 5.33. The Morgan fingerprint density at radius 3 is 2.83 bits per heavy atom. The number of carbonyl (C=O) groups excluding carboxylic acids is 1. The fourth-order valence-electron chi connectivity index (χ4n) is 1.71. The lowest BCUT2D eigenvalue weighted by molar-refractivity contribution is -0.143. The molecular weight excluding hydrogens is 234 g/mol. The Morgan fingerprint density at radius 1 is 1.56 bits per heavy atom. The highest BCUT2D eigenvalue weighted by molar-refractivity contribution is 5.69. The highest BCUT2D eigenvalue weighted by Gasteiger charge is 2.13. The summed E-state index contributed by atoms with van der Waals surface area (Å²) in [6, 6.07) is 3.88. The molecule has 0 saturated carbocycles.